The van der Waals surface area contributed by atoms with Crippen molar-refractivity contribution in [3.63, 3.8) is 0 Å². The Kier molecular flexibility index (Phi) is 5.45. The molecule has 1 aromatic rings. The number of rotatable bonds is 4. The molecule has 0 spiro atoms. The molecular formula is C21H30N6O2. The van der Waals surface area contributed by atoms with Gasteiger partial charge in [0, 0.05) is 39.8 Å². The molecule has 0 radical (unpaired) electrons. The number of benzene rings is 1. The number of imide groups is 1. The second-order valence-corrected chi connectivity index (χ2v) is 8.14. The summed E-state index contributed by atoms with van der Waals surface area (Å²) in [6, 6.07) is 7.47. The van der Waals surface area contributed by atoms with Gasteiger partial charge in [0.2, 0.25) is 0 Å². The van der Waals surface area contributed by atoms with E-state index < -0.39 is 12.2 Å². The third kappa shape index (κ3) is 3.81. The minimum Gasteiger partial charge on any atom is -0.340 e. The van der Waals surface area contributed by atoms with Crippen LogP contribution in [-0.4, -0.2) is 89.5 Å². The predicted octanol–water partition coefficient (Wildman–Crippen LogP) is 1.07. The molecule has 3 aliphatic rings. The summed E-state index contributed by atoms with van der Waals surface area (Å²) in [4.78, 5) is 38.1. The Morgan fingerprint density at radius 3 is 2.45 bits per heavy atom. The Hall–Kier alpha value is -2.61. The highest BCUT2D eigenvalue weighted by Gasteiger charge is 2.49. The lowest BCUT2D eigenvalue weighted by Crippen LogP contribution is -2.64. The van der Waals surface area contributed by atoms with E-state index in [4.69, 9.17) is 4.99 Å². The molecule has 2 atom stereocenters. The average Bonchev–Trinajstić information content (AvgIpc) is 3.09. The van der Waals surface area contributed by atoms with Gasteiger partial charge in [0.15, 0.2) is 18.2 Å². The number of piperazine rings is 1. The highest BCUT2D eigenvalue weighted by atomic mass is 16.2. The van der Waals surface area contributed by atoms with E-state index in [1.54, 1.807) is 7.05 Å². The van der Waals surface area contributed by atoms with Crippen LogP contribution < -0.4 is 5.32 Å². The Bertz CT molecular complexity index is 800. The van der Waals surface area contributed by atoms with Crippen molar-refractivity contribution in [2.75, 3.05) is 39.8 Å². The highest BCUT2D eigenvalue weighted by molar-refractivity contribution is 6.03. The van der Waals surface area contributed by atoms with Gasteiger partial charge < -0.3 is 14.7 Å². The summed E-state index contributed by atoms with van der Waals surface area (Å²) in [6.07, 6.45) is 0.669. The number of guanidine groups is 1. The Labute approximate surface area is 172 Å². The first-order valence-electron chi connectivity index (χ1n) is 10.4. The molecule has 2 fully saturated rings. The Morgan fingerprint density at radius 2 is 1.79 bits per heavy atom. The number of aliphatic imine (C=N–C) groups is 1. The zero-order valence-corrected chi connectivity index (χ0v) is 17.5. The third-order valence-electron chi connectivity index (χ3n) is 6.01. The minimum atomic E-state index is -0.498. The molecule has 8 nitrogen and oxygen atoms in total. The van der Waals surface area contributed by atoms with Gasteiger partial charge in [-0.25, -0.2) is 9.79 Å². The van der Waals surface area contributed by atoms with E-state index in [1.165, 1.54) is 10.5 Å². The number of amides is 3. The van der Waals surface area contributed by atoms with Crippen molar-refractivity contribution in [2.45, 2.75) is 39.0 Å². The number of carbonyl (C=O) groups is 2. The first-order valence-corrected chi connectivity index (χ1v) is 10.4. The molecule has 3 amide bonds. The fourth-order valence-corrected chi connectivity index (χ4v) is 4.32. The molecule has 29 heavy (non-hydrogen) atoms. The van der Waals surface area contributed by atoms with Crippen LogP contribution in [-0.2, 0) is 11.3 Å². The number of hydrogen-bond acceptors (Lipinski definition) is 6. The van der Waals surface area contributed by atoms with Gasteiger partial charge in [0.25, 0.3) is 5.91 Å². The first-order chi connectivity index (χ1) is 14.0. The third-order valence-corrected chi connectivity index (χ3v) is 6.01. The van der Waals surface area contributed by atoms with Gasteiger partial charge in [-0.1, -0.05) is 36.8 Å². The van der Waals surface area contributed by atoms with Gasteiger partial charge in [-0.05, 0) is 25.5 Å². The van der Waals surface area contributed by atoms with Crippen molar-refractivity contribution < 1.29 is 9.59 Å². The number of urea groups is 1. The molecule has 1 aromatic carbocycles. The molecule has 156 valence electrons. The zero-order chi connectivity index (χ0) is 20.5. The van der Waals surface area contributed by atoms with Gasteiger partial charge in [0.1, 0.15) is 0 Å². The highest BCUT2D eigenvalue weighted by Crippen LogP contribution is 2.27. The minimum absolute atomic E-state index is 0.270. The van der Waals surface area contributed by atoms with Crippen molar-refractivity contribution in [1.29, 1.82) is 0 Å². The molecule has 0 aromatic heterocycles. The number of likely N-dealkylation sites (N-methyl/N-ethyl adjacent to an activating group) is 1. The van der Waals surface area contributed by atoms with Crippen molar-refractivity contribution in [1.82, 2.24) is 24.9 Å². The SMILES string of the molecule is CCCN1CCN(C2=NC3C(C(=O)NC(=O)N3C)N2Cc2ccc(C)cc2)CC1. The maximum atomic E-state index is 12.8. The molecule has 4 rings (SSSR count). The summed E-state index contributed by atoms with van der Waals surface area (Å²) in [5.41, 5.74) is 2.33. The molecule has 3 heterocycles. The molecular weight excluding hydrogens is 368 g/mol. The quantitative estimate of drug-likeness (QED) is 0.822. The molecule has 3 aliphatic heterocycles. The lowest BCUT2D eigenvalue weighted by Gasteiger charge is -2.40. The maximum absolute atomic E-state index is 12.8. The summed E-state index contributed by atoms with van der Waals surface area (Å²) in [5.74, 6) is 0.557. The lowest BCUT2D eigenvalue weighted by atomic mass is 10.1. The van der Waals surface area contributed by atoms with E-state index in [2.05, 4.69) is 58.1 Å². The summed E-state index contributed by atoms with van der Waals surface area (Å²) >= 11 is 0. The van der Waals surface area contributed by atoms with E-state index in [9.17, 15) is 9.59 Å². The van der Waals surface area contributed by atoms with Crippen LogP contribution in [0.25, 0.3) is 0 Å². The van der Waals surface area contributed by atoms with Crippen LogP contribution in [0, 0.1) is 6.92 Å². The largest absolute Gasteiger partial charge is 0.340 e. The molecule has 2 unspecified atom stereocenters. The second kappa shape index (κ2) is 8.02. The van der Waals surface area contributed by atoms with Crippen molar-refractivity contribution in [2.24, 2.45) is 4.99 Å². The maximum Gasteiger partial charge on any atom is 0.325 e. The van der Waals surface area contributed by atoms with Gasteiger partial charge in [0.05, 0.1) is 0 Å². The van der Waals surface area contributed by atoms with Gasteiger partial charge in [-0.2, -0.15) is 0 Å². The van der Waals surface area contributed by atoms with Crippen LogP contribution in [0.2, 0.25) is 0 Å². The topological polar surface area (TPSA) is 71.5 Å². The van der Waals surface area contributed by atoms with Crippen molar-refractivity contribution in [3.05, 3.63) is 35.4 Å². The second-order valence-electron chi connectivity index (χ2n) is 8.14. The van der Waals surface area contributed by atoms with Crippen LogP contribution in [0.5, 0.6) is 0 Å². The van der Waals surface area contributed by atoms with E-state index in [-0.39, 0.29) is 11.9 Å². The number of carbonyl (C=O) groups excluding carboxylic acids is 2. The van der Waals surface area contributed by atoms with Crippen molar-refractivity contribution in [3.8, 4) is 0 Å². The van der Waals surface area contributed by atoms with Gasteiger partial charge >= 0.3 is 6.03 Å². The molecule has 8 heteroatoms. The van der Waals surface area contributed by atoms with E-state index in [0.29, 0.717) is 6.54 Å². The molecule has 2 saturated heterocycles. The fraction of sp³-hybridized carbons (Fsp3) is 0.571. The molecule has 1 N–H and O–H groups in total. The summed E-state index contributed by atoms with van der Waals surface area (Å²) in [7, 11) is 1.70. The monoisotopic (exact) mass is 398 g/mol. The van der Waals surface area contributed by atoms with E-state index in [1.807, 2.05) is 0 Å². The molecule has 0 saturated carbocycles. The van der Waals surface area contributed by atoms with Gasteiger partial charge in [-0.3, -0.25) is 15.0 Å². The average molecular weight is 399 g/mol. The van der Waals surface area contributed by atoms with Crippen LogP contribution in [0.15, 0.2) is 29.3 Å². The van der Waals surface area contributed by atoms with Crippen LogP contribution in [0.3, 0.4) is 0 Å². The Morgan fingerprint density at radius 1 is 1.10 bits per heavy atom. The Balaban J connectivity index is 1.60. The predicted molar refractivity (Wildman–Crippen MR) is 111 cm³/mol. The molecule has 0 bridgehead atoms. The number of hydrogen-bond donors (Lipinski definition) is 1. The summed E-state index contributed by atoms with van der Waals surface area (Å²) < 4.78 is 0. The van der Waals surface area contributed by atoms with Crippen LogP contribution in [0.1, 0.15) is 24.5 Å². The summed E-state index contributed by atoms with van der Waals surface area (Å²) in [6.45, 7) is 9.69. The molecule has 0 aliphatic carbocycles. The van der Waals surface area contributed by atoms with Crippen LogP contribution >= 0.6 is 0 Å². The smallest absolute Gasteiger partial charge is 0.325 e. The standard InChI is InChI=1S/C21H30N6O2/c1-4-9-25-10-12-26(13-11-25)20-22-18-17(19(28)23-21(29)24(18)3)27(20)14-16-7-5-15(2)6-8-16/h5-8,17-18H,4,9-14H2,1-3H3,(H,23,28,29). The van der Waals surface area contributed by atoms with Crippen molar-refractivity contribution >= 4 is 17.9 Å². The lowest BCUT2D eigenvalue weighted by molar-refractivity contribution is -0.127. The normalized spacial score (nSPS) is 25.2. The number of nitrogens with one attached hydrogen (secondary N) is 1. The number of nitrogens with zero attached hydrogens (tertiary/aromatic N) is 5. The van der Waals surface area contributed by atoms with E-state index >= 15 is 0 Å². The van der Waals surface area contributed by atoms with Gasteiger partial charge in [-0.15, -0.1) is 0 Å². The first kappa shape index (κ1) is 19.7. The zero-order valence-electron chi connectivity index (χ0n) is 17.5. The fourth-order valence-electron chi connectivity index (χ4n) is 4.32. The summed E-state index contributed by atoms with van der Waals surface area (Å²) in [5, 5.41) is 2.48. The number of fused-ring (bicyclic) bond motifs is 1. The number of aryl methyl sites for hydroxylation is 1. The van der Waals surface area contributed by atoms with Crippen LogP contribution in [0.4, 0.5) is 4.79 Å². The van der Waals surface area contributed by atoms with E-state index in [0.717, 1.165) is 50.7 Å².